The number of nitrogen functional groups attached to an aromatic ring is 1. The molecule has 0 atom stereocenters. The van der Waals surface area contributed by atoms with Gasteiger partial charge in [-0.2, -0.15) is 0 Å². The second kappa shape index (κ2) is 5.83. The van der Waals surface area contributed by atoms with E-state index in [0.717, 1.165) is 38.4 Å². The first-order chi connectivity index (χ1) is 8.76. The SMILES string of the molecule is COc1c(NN)ncnc1N1CCCN(C)CC1. The number of likely N-dealkylation sites (N-methyl/N-ethyl adjacent to an activating group) is 1. The molecule has 1 aliphatic rings. The minimum atomic E-state index is 0.514. The third kappa shape index (κ3) is 2.62. The van der Waals surface area contributed by atoms with Gasteiger partial charge in [0, 0.05) is 19.6 Å². The molecule has 0 saturated carbocycles. The van der Waals surface area contributed by atoms with Crippen LogP contribution in [0.1, 0.15) is 6.42 Å². The predicted octanol–water partition coefficient (Wildman–Crippen LogP) is -0.0873. The number of aromatic nitrogens is 2. The van der Waals surface area contributed by atoms with Crippen LogP contribution < -0.4 is 20.9 Å². The largest absolute Gasteiger partial charge is 0.490 e. The van der Waals surface area contributed by atoms with Crippen molar-refractivity contribution in [2.24, 2.45) is 5.84 Å². The fraction of sp³-hybridized carbons (Fsp3) is 0.636. The summed E-state index contributed by atoms with van der Waals surface area (Å²) < 4.78 is 5.37. The van der Waals surface area contributed by atoms with Gasteiger partial charge in [-0.05, 0) is 20.0 Å². The summed E-state index contributed by atoms with van der Waals surface area (Å²) in [5.74, 6) is 7.35. The summed E-state index contributed by atoms with van der Waals surface area (Å²) >= 11 is 0. The van der Waals surface area contributed by atoms with E-state index < -0.39 is 0 Å². The van der Waals surface area contributed by atoms with E-state index in [1.807, 2.05) is 0 Å². The molecule has 1 aromatic heterocycles. The molecule has 0 bridgehead atoms. The summed E-state index contributed by atoms with van der Waals surface area (Å²) in [6, 6.07) is 0. The Morgan fingerprint density at radius 1 is 1.28 bits per heavy atom. The summed E-state index contributed by atoms with van der Waals surface area (Å²) in [5, 5.41) is 0. The lowest BCUT2D eigenvalue weighted by Crippen LogP contribution is -2.30. The van der Waals surface area contributed by atoms with Crippen LogP contribution in [0.15, 0.2) is 6.33 Å². The number of hydrogen-bond acceptors (Lipinski definition) is 7. The zero-order valence-electron chi connectivity index (χ0n) is 10.9. The number of nitrogens with one attached hydrogen (secondary N) is 1. The second-order valence-electron chi connectivity index (χ2n) is 4.37. The van der Waals surface area contributed by atoms with Gasteiger partial charge in [-0.25, -0.2) is 15.8 Å². The first-order valence-electron chi connectivity index (χ1n) is 6.05. The molecular weight excluding hydrogens is 232 g/mol. The van der Waals surface area contributed by atoms with E-state index >= 15 is 0 Å². The number of methoxy groups -OCH3 is 1. The van der Waals surface area contributed by atoms with Crippen molar-refractivity contribution < 1.29 is 4.74 Å². The highest BCUT2D eigenvalue weighted by molar-refractivity contribution is 5.64. The Morgan fingerprint density at radius 3 is 2.83 bits per heavy atom. The van der Waals surface area contributed by atoms with Crippen molar-refractivity contribution in [1.29, 1.82) is 0 Å². The monoisotopic (exact) mass is 252 g/mol. The van der Waals surface area contributed by atoms with Crippen LogP contribution in [0.25, 0.3) is 0 Å². The normalized spacial score (nSPS) is 17.4. The van der Waals surface area contributed by atoms with Gasteiger partial charge >= 0.3 is 0 Å². The number of anilines is 2. The lowest BCUT2D eigenvalue weighted by molar-refractivity contribution is 0.359. The highest BCUT2D eigenvalue weighted by Crippen LogP contribution is 2.31. The van der Waals surface area contributed by atoms with E-state index in [9.17, 15) is 0 Å². The smallest absolute Gasteiger partial charge is 0.205 e. The van der Waals surface area contributed by atoms with E-state index in [1.54, 1.807) is 7.11 Å². The second-order valence-corrected chi connectivity index (χ2v) is 4.37. The maximum atomic E-state index is 5.43. The molecule has 1 saturated heterocycles. The van der Waals surface area contributed by atoms with Crippen LogP contribution in [0.3, 0.4) is 0 Å². The Labute approximate surface area is 107 Å². The van der Waals surface area contributed by atoms with Crippen molar-refractivity contribution in [3.05, 3.63) is 6.33 Å². The minimum Gasteiger partial charge on any atom is -0.490 e. The van der Waals surface area contributed by atoms with Crippen LogP contribution in [0.5, 0.6) is 5.75 Å². The molecule has 100 valence electrons. The van der Waals surface area contributed by atoms with Gasteiger partial charge in [-0.1, -0.05) is 0 Å². The molecule has 0 unspecified atom stereocenters. The first kappa shape index (κ1) is 12.8. The van der Waals surface area contributed by atoms with Gasteiger partial charge in [0.15, 0.2) is 11.6 Å². The molecule has 7 nitrogen and oxygen atoms in total. The van der Waals surface area contributed by atoms with Gasteiger partial charge in [0.1, 0.15) is 6.33 Å². The first-order valence-corrected chi connectivity index (χ1v) is 6.05. The molecule has 1 fully saturated rings. The Morgan fingerprint density at radius 2 is 2.11 bits per heavy atom. The van der Waals surface area contributed by atoms with Crippen LogP contribution in [-0.2, 0) is 0 Å². The average Bonchev–Trinajstić information content (AvgIpc) is 2.62. The maximum absolute atomic E-state index is 5.43. The van der Waals surface area contributed by atoms with Gasteiger partial charge in [-0.15, -0.1) is 0 Å². The Hall–Kier alpha value is -1.60. The minimum absolute atomic E-state index is 0.514. The fourth-order valence-corrected chi connectivity index (χ4v) is 2.14. The fourth-order valence-electron chi connectivity index (χ4n) is 2.14. The van der Waals surface area contributed by atoms with E-state index in [1.165, 1.54) is 6.33 Å². The predicted molar refractivity (Wildman–Crippen MR) is 70.7 cm³/mol. The van der Waals surface area contributed by atoms with E-state index in [2.05, 4.69) is 32.2 Å². The zero-order chi connectivity index (χ0) is 13.0. The van der Waals surface area contributed by atoms with Crippen molar-refractivity contribution in [2.45, 2.75) is 6.42 Å². The lowest BCUT2D eigenvalue weighted by Gasteiger charge is -2.23. The summed E-state index contributed by atoms with van der Waals surface area (Å²) in [6.45, 7) is 4.00. The number of hydrogen-bond donors (Lipinski definition) is 2. The maximum Gasteiger partial charge on any atom is 0.205 e. The number of hydrazine groups is 1. The summed E-state index contributed by atoms with van der Waals surface area (Å²) in [5.41, 5.74) is 2.54. The van der Waals surface area contributed by atoms with Crippen LogP contribution in [0.2, 0.25) is 0 Å². The van der Waals surface area contributed by atoms with Gasteiger partial charge in [0.2, 0.25) is 5.75 Å². The van der Waals surface area contributed by atoms with Crippen molar-refractivity contribution in [3.8, 4) is 5.75 Å². The van der Waals surface area contributed by atoms with Crippen molar-refractivity contribution in [1.82, 2.24) is 14.9 Å². The zero-order valence-corrected chi connectivity index (χ0v) is 10.9. The lowest BCUT2D eigenvalue weighted by atomic mass is 10.3. The Kier molecular flexibility index (Phi) is 4.16. The third-order valence-corrected chi connectivity index (χ3v) is 3.14. The topological polar surface area (TPSA) is 79.5 Å². The standard InChI is InChI=1S/C11H20N6O/c1-16-4-3-5-17(7-6-16)11-9(18-2)10(15-12)13-8-14-11/h8H,3-7,12H2,1-2H3,(H,13,14,15). The van der Waals surface area contributed by atoms with Crippen molar-refractivity contribution in [2.75, 3.05) is 50.7 Å². The summed E-state index contributed by atoms with van der Waals surface area (Å²) in [6.07, 6.45) is 2.61. The number of rotatable bonds is 3. The van der Waals surface area contributed by atoms with E-state index in [0.29, 0.717) is 11.6 Å². The Bertz CT molecular complexity index is 399. The molecule has 7 heteroatoms. The van der Waals surface area contributed by atoms with Crippen LogP contribution in [0.4, 0.5) is 11.6 Å². The van der Waals surface area contributed by atoms with Crippen LogP contribution in [0, 0.1) is 0 Å². The summed E-state index contributed by atoms with van der Waals surface area (Å²) in [7, 11) is 3.74. The van der Waals surface area contributed by atoms with Gasteiger partial charge in [0.25, 0.3) is 0 Å². The summed E-state index contributed by atoms with van der Waals surface area (Å²) in [4.78, 5) is 12.9. The van der Waals surface area contributed by atoms with Crippen molar-refractivity contribution >= 4 is 11.6 Å². The Balaban J connectivity index is 2.26. The molecule has 3 N–H and O–H groups in total. The van der Waals surface area contributed by atoms with Gasteiger partial charge in [0.05, 0.1) is 7.11 Å². The van der Waals surface area contributed by atoms with Gasteiger partial charge in [-0.3, -0.25) is 0 Å². The molecule has 2 heterocycles. The molecule has 0 amide bonds. The number of ether oxygens (including phenoxy) is 1. The van der Waals surface area contributed by atoms with Gasteiger partial charge < -0.3 is 20.0 Å². The van der Waals surface area contributed by atoms with Crippen molar-refractivity contribution in [3.63, 3.8) is 0 Å². The highest BCUT2D eigenvalue weighted by atomic mass is 16.5. The molecule has 18 heavy (non-hydrogen) atoms. The van der Waals surface area contributed by atoms with Crippen LogP contribution >= 0.6 is 0 Å². The molecule has 0 aliphatic carbocycles. The molecule has 1 aromatic rings. The molecule has 2 rings (SSSR count). The third-order valence-electron chi connectivity index (χ3n) is 3.14. The number of nitrogens with zero attached hydrogens (tertiary/aromatic N) is 4. The van der Waals surface area contributed by atoms with Crippen LogP contribution in [-0.4, -0.2) is 55.2 Å². The molecular formula is C11H20N6O. The van der Waals surface area contributed by atoms with E-state index in [4.69, 9.17) is 10.6 Å². The molecule has 0 radical (unpaired) electrons. The molecule has 0 aromatic carbocycles. The molecule has 1 aliphatic heterocycles. The average molecular weight is 252 g/mol. The number of nitrogens with two attached hydrogens (primary N) is 1. The quantitative estimate of drug-likeness (QED) is 0.575. The molecule has 0 spiro atoms. The highest BCUT2D eigenvalue weighted by Gasteiger charge is 2.20. The van der Waals surface area contributed by atoms with E-state index in [-0.39, 0.29) is 0 Å².